The third-order valence-electron chi connectivity index (χ3n) is 4.40. The zero-order valence-electron chi connectivity index (χ0n) is 12.2. The lowest BCUT2D eigenvalue weighted by Crippen LogP contribution is -2.24. The lowest BCUT2D eigenvalue weighted by atomic mass is 9.80. The van der Waals surface area contributed by atoms with Gasteiger partial charge in [-0.3, -0.25) is 0 Å². The van der Waals surface area contributed by atoms with Gasteiger partial charge in [-0.05, 0) is 36.5 Å². The maximum absolute atomic E-state index is 5.26. The Kier molecular flexibility index (Phi) is 4.10. The van der Waals surface area contributed by atoms with Gasteiger partial charge in [0.1, 0.15) is 5.75 Å². The van der Waals surface area contributed by atoms with Gasteiger partial charge in [0.05, 0.1) is 17.3 Å². The van der Waals surface area contributed by atoms with E-state index in [1.165, 1.54) is 30.4 Å². The van der Waals surface area contributed by atoms with E-state index in [9.17, 15) is 0 Å². The van der Waals surface area contributed by atoms with Crippen LogP contribution in [-0.4, -0.2) is 18.6 Å². The molecule has 0 amide bonds. The second-order valence-electron chi connectivity index (χ2n) is 5.76. The summed E-state index contributed by atoms with van der Waals surface area (Å²) in [6, 6.07) is 6.05. The number of benzene rings is 1. The highest BCUT2D eigenvalue weighted by Gasteiger charge is 2.21. The van der Waals surface area contributed by atoms with Crippen LogP contribution in [0.2, 0.25) is 0 Å². The third kappa shape index (κ3) is 2.90. The molecular weight excluding hydrogens is 268 g/mol. The number of hydrogen-bond donors (Lipinski definition) is 1. The number of rotatable bonds is 4. The number of hydrogen-bond acceptors (Lipinski definition) is 4. The molecule has 2 atom stereocenters. The molecule has 1 fully saturated rings. The summed E-state index contributed by atoms with van der Waals surface area (Å²) in [4.78, 5) is 4.65. The lowest BCUT2D eigenvalue weighted by Gasteiger charge is -2.28. The molecule has 20 heavy (non-hydrogen) atoms. The molecule has 3 nitrogen and oxygen atoms in total. The second kappa shape index (κ2) is 6.00. The van der Waals surface area contributed by atoms with E-state index in [0.29, 0.717) is 0 Å². The van der Waals surface area contributed by atoms with E-state index in [1.807, 2.05) is 12.1 Å². The van der Waals surface area contributed by atoms with Crippen LogP contribution in [0.5, 0.6) is 5.75 Å². The predicted octanol–water partition coefficient (Wildman–Crippen LogP) is 4.54. The molecule has 1 heterocycles. The van der Waals surface area contributed by atoms with Gasteiger partial charge in [-0.25, -0.2) is 4.98 Å². The Labute approximate surface area is 124 Å². The summed E-state index contributed by atoms with van der Waals surface area (Å²) in [6.45, 7) is 3.44. The van der Waals surface area contributed by atoms with Gasteiger partial charge in [0.15, 0.2) is 5.13 Å². The Balaban J connectivity index is 1.68. The first-order chi connectivity index (χ1) is 9.76. The van der Waals surface area contributed by atoms with Crippen LogP contribution in [0, 0.1) is 11.8 Å². The average Bonchev–Trinajstić information content (AvgIpc) is 2.88. The van der Waals surface area contributed by atoms with Gasteiger partial charge >= 0.3 is 0 Å². The molecule has 0 radical (unpaired) electrons. The molecule has 1 saturated carbocycles. The molecule has 1 aliphatic rings. The van der Waals surface area contributed by atoms with Gasteiger partial charge in [-0.2, -0.15) is 0 Å². The number of anilines is 1. The Bertz CT molecular complexity index is 581. The number of fused-ring (bicyclic) bond motifs is 1. The standard InChI is InChI=1S/C16H22N2OS/c1-11-5-3-4-6-12(11)10-17-16-18-14-8-7-13(19-2)9-15(14)20-16/h7-9,11-12H,3-6,10H2,1-2H3,(H,17,18). The molecule has 0 aliphatic heterocycles. The lowest BCUT2D eigenvalue weighted by molar-refractivity contribution is 0.268. The SMILES string of the molecule is COc1ccc2nc(NCC3CCCCC3C)sc2c1. The molecule has 0 spiro atoms. The summed E-state index contributed by atoms with van der Waals surface area (Å²) < 4.78 is 6.44. The summed E-state index contributed by atoms with van der Waals surface area (Å²) in [5.74, 6) is 2.53. The molecule has 1 aromatic heterocycles. The molecule has 0 saturated heterocycles. The van der Waals surface area contributed by atoms with Crippen molar-refractivity contribution in [2.75, 3.05) is 19.0 Å². The monoisotopic (exact) mass is 290 g/mol. The largest absolute Gasteiger partial charge is 0.497 e. The first-order valence-corrected chi connectivity index (χ1v) is 8.26. The fraction of sp³-hybridized carbons (Fsp3) is 0.562. The maximum atomic E-state index is 5.26. The van der Waals surface area contributed by atoms with Crippen molar-refractivity contribution in [1.82, 2.24) is 4.98 Å². The van der Waals surface area contributed by atoms with Gasteiger partial charge in [-0.15, -0.1) is 0 Å². The molecule has 1 aliphatic carbocycles. The summed E-state index contributed by atoms with van der Waals surface area (Å²) in [6.07, 6.45) is 5.52. The molecule has 0 bridgehead atoms. The first-order valence-electron chi connectivity index (χ1n) is 7.44. The van der Waals surface area contributed by atoms with Crippen LogP contribution in [0.4, 0.5) is 5.13 Å². The first kappa shape index (κ1) is 13.7. The van der Waals surface area contributed by atoms with Gasteiger partial charge in [0.2, 0.25) is 0 Å². The van der Waals surface area contributed by atoms with Gasteiger partial charge in [0.25, 0.3) is 0 Å². The van der Waals surface area contributed by atoms with Crippen LogP contribution in [0.1, 0.15) is 32.6 Å². The minimum Gasteiger partial charge on any atom is -0.497 e. The number of aromatic nitrogens is 1. The smallest absolute Gasteiger partial charge is 0.183 e. The van der Waals surface area contributed by atoms with Crippen LogP contribution in [0.3, 0.4) is 0 Å². The summed E-state index contributed by atoms with van der Waals surface area (Å²) >= 11 is 1.71. The highest BCUT2D eigenvalue weighted by Crippen LogP contribution is 2.32. The van der Waals surface area contributed by atoms with E-state index < -0.39 is 0 Å². The van der Waals surface area contributed by atoms with Crippen molar-refractivity contribution in [3.8, 4) is 5.75 Å². The molecular formula is C16H22N2OS. The van der Waals surface area contributed by atoms with Crippen LogP contribution in [-0.2, 0) is 0 Å². The van der Waals surface area contributed by atoms with Crippen molar-refractivity contribution in [2.24, 2.45) is 11.8 Å². The zero-order valence-corrected chi connectivity index (χ0v) is 13.0. The number of nitrogens with zero attached hydrogens (tertiary/aromatic N) is 1. The van der Waals surface area contributed by atoms with E-state index in [0.717, 1.165) is 34.8 Å². The van der Waals surface area contributed by atoms with Gasteiger partial charge < -0.3 is 10.1 Å². The van der Waals surface area contributed by atoms with E-state index >= 15 is 0 Å². The number of ether oxygens (including phenoxy) is 1. The van der Waals surface area contributed by atoms with E-state index in [-0.39, 0.29) is 0 Å². The maximum Gasteiger partial charge on any atom is 0.183 e. The summed E-state index contributed by atoms with van der Waals surface area (Å²) in [5.41, 5.74) is 1.05. The van der Waals surface area contributed by atoms with E-state index in [1.54, 1.807) is 18.4 Å². The molecule has 108 valence electrons. The van der Waals surface area contributed by atoms with E-state index in [2.05, 4.69) is 23.3 Å². The minimum atomic E-state index is 0.797. The topological polar surface area (TPSA) is 34.1 Å². The molecule has 2 aromatic rings. The molecule has 4 heteroatoms. The summed E-state index contributed by atoms with van der Waals surface area (Å²) in [5, 5.41) is 4.57. The molecule has 1 N–H and O–H groups in total. The second-order valence-corrected chi connectivity index (χ2v) is 6.79. The average molecular weight is 290 g/mol. The Hall–Kier alpha value is -1.29. The van der Waals surface area contributed by atoms with Crippen LogP contribution in [0.15, 0.2) is 18.2 Å². The van der Waals surface area contributed by atoms with Crippen molar-refractivity contribution in [1.29, 1.82) is 0 Å². The van der Waals surface area contributed by atoms with Crippen LogP contribution < -0.4 is 10.1 Å². The highest BCUT2D eigenvalue weighted by atomic mass is 32.1. The molecule has 1 aromatic carbocycles. The Morgan fingerprint density at radius 1 is 1.35 bits per heavy atom. The Morgan fingerprint density at radius 2 is 2.20 bits per heavy atom. The van der Waals surface area contributed by atoms with Gasteiger partial charge in [0, 0.05) is 6.54 Å². The normalized spacial score (nSPS) is 22.9. The molecule has 3 rings (SSSR count). The van der Waals surface area contributed by atoms with Crippen LogP contribution >= 0.6 is 11.3 Å². The Morgan fingerprint density at radius 3 is 3.00 bits per heavy atom. The fourth-order valence-electron chi connectivity index (χ4n) is 3.02. The third-order valence-corrected chi connectivity index (χ3v) is 5.38. The van der Waals surface area contributed by atoms with Crippen molar-refractivity contribution in [3.05, 3.63) is 18.2 Å². The van der Waals surface area contributed by atoms with E-state index in [4.69, 9.17) is 4.74 Å². The zero-order chi connectivity index (χ0) is 13.9. The summed E-state index contributed by atoms with van der Waals surface area (Å²) in [7, 11) is 1.70. The van der Waals surface area contributed by atoms with Crippen molar-refractivity contribution >= 4 is 26.7 Å². The fourth-order valence-corrected chi connectivity index (χ4v) is 3.92. The predicted molar refractivity (Wildman–Crippen MR) is 85.8 cm³/mol. The van der Waals surface area contributed by atoms with Crippen molar-refractivity contribution in [3.63, 3.8) is 0 Å². The number of nitrogens with one attached hydrogen (secondary N) is 1. The number of thiazole rings is 1. The quantitative estimate of drug-likeness (QED) is 0.897. The van der Waals surface area contributed by atoms with Crippen LogP contribution in [0.25, 0.3) is 10.2 Å². The molecule has 2 unspecified atom stereocenters. The van der Waals surface area contributed by atoms with Crippen molar-refractivity contribution in [2.45, 2.75) is 32.6 Å². The van der Waals surface area contributed by atoms with Crippen molar-refractivity contribution < 1.29 is 4.74 Å². The minimum absolute atomic E-state index is 0.797. The highest BCUT2D eigenvalue weighted by molar-refractivity contribution is 7.22. The van der Waals surface area contributed by atoms with Gasteiger partial charge in [-0.1, -0.05) is 37.5 Å². The number of methoxy groups -OCH3 is 1.